The Kier molecular flexibility index (Phi) is 5.48. The van der Waals surface area contributed by atoms with Gasteiger partial charge >= 0.3 is 6.03 Å². The highest BCUT2D eigenvalue weighted by molar-refractivity contribution is 7.92. The van der Waals surface area contributed by atoms with Crippen LogP contribution in [0.2, 0.25) is 4.34 Å². The predicted octanol–water partition coefficient (Wildman–Crippen LogP) is 3.67. The van der Waals surface area contributed by atoms with Gasteiger partial charge in [0.1, 0.15) is 9.92 Å². The molecule has 3 heterocycles. The molecule has 1 aromatic carbocycles. The van der Waals surface area contributed by atoms with Crippen LogP contribution < -0.4 is 15.4 Å². The number of sulfonamides is 1. The molecule has 3 N–H and O–H groups in total. The number of carbonyl (C=O) groups excluding carboxylic acids is 2. The number of ketones is 1. The largest absolute Gasteiger partial charge is 0.388 e. The summed E-state index contributed by atoms with van der Waals surface area (Å²) in [4.78, 5) is 33.2. The summed E-state index contributed by atoms with van der Waals surface area (Å²) in [6.07, 6.45) is 1.31. The highest BCUT2D eigenvalue weighted by Gasteiger charge is 2.27. The molecule has 4 rings (SSSR count). The third kappa shape index (κ3) is 4.29. The number of benzene rings is 1. The third-order valence-electron chi connectivity index (χ3n) is 4.28. The van der Waals surface area contributed by atoms with Crippen molar-refractivity contribution in [2.45, 2.75) is 4.21 Å². The van der Waals surface area contributed by atoms with E-state index >= 15 is 0 Å². The van der Waals surface area contributed by atoms with E-state index in [4.69, 9.17) is 11.6 Å². The Bertz CT molecular complexity index is 1330. The van der Waals surface area contributed by atoms with E-state index in [1.54, 1.807) is 25.2 Å². The molecule has 3 aromatic rings. The number of nitrogens with zero attached hydrogens (tertiary/aromatic N) is 2. The van der Waals surface area contributed by atoms with E-state index in [9.17, 15) is 18.0 Å². The molecule has 0 atom stereocenters. The first-order chi connectivity index (χ1) is 14.8. The molecular weight excluding hydrogens is 462 g/mol. The first-order valence-electron chi connectivity index (χ1n) is 8.77. The lowest BCUT2D eigenvalue weighted by Gasteiger charge is -2.07. The quantitative estimate of drug-likeness (QED) is 0.516. The maximum Gasteiger partial charge on any atom is 0.333 e. The summed E-state index contributed by atoms with van der Waals surface area (Å²) in [5.74, 6) is -0.246. The van der Waals surface area contributed by atoms with Gasteiger partial charge in [0.05, 0.1) is 33.2 Å². The number of pyridine rings is 1. The molecule has 9 nitrogen and oxygen atoms in total. The summed E-state index contributed by atoms with van der Waals surface area (Å²) in [7, 11) is -2.27. The summed E-state index contributed by atoms with van der Waals surface area (Å²) >= 11 is 6.57. The monoisotopic (exact) mass is 475 g/mol. The molecule has 2 aromatic heterocycles. The predicted molar refractivity (Wildman–Crippen MR) is 119 cm³/mol. The second-order valence-corrected chi connectivity index (χ2v) is 9.95. The fourth-order valence-electron chi connectivity index (χ4n) is 2.82. The van der Waals surface area contributed by atoms with Crippen LogP contribution in [0.25, 0.3) is 0 Å². The van der Waals surface area contributed by atoms with E-state index in [0.717, 1.165) is 17.0 Å². The Balaban J connectivity index is 1.46. The molecule has 0 unspecified atom stereocenters. The Morgan fingerprint density at radius 3 is 2.52 bits per heavy atom. The summed E-state index contributed by atoms with van der Waals surface area (Å²) in [5.41, 5.74) is 2.62. The van der Waals surface area contributed by atoms with Crippen molar-refractivity contribution in [1.29, 1.82) is 0 Å². The highest BCUT2D eigenvalue weighted by atomic mass is 35.5. The smallest absolute Gasteiger partial charge is 0.333 e. The zero-order valence-corrected chi connectivity index (χ0v) is 18.2. The lowest BCUT2D eigenvalue weighted by molar-refractivity contribution is 0.107. The highest BCUT2D eigenvalue weighted by Crippen LogP contribution is 2.31. The summed E-state index contributed by atoms with van der Waals surface area (Å²) < 4.78 is 26.4. The van der Waals surface area contributed by atoms with E-state index in [1.807, 2.05) is 4.72 Å². The lowest BCUT2D eigenvalue weighted by Crippen LogP contribution is -2.34. The molecular formula is C19H14ClN5O4S2. The van der Waals surface area contributed by atoms with Crippen molar-refractivity contribution < 1.29 is 18.0 Å². The van der Waals surface area contributed by atoms with Crippen molar-refractivity contribution in [3.05, 3.63) is 64.3 Å². The van der Waals surface area contributed by atoms with Crippen molar-refractivity contribution in [3.63, 3.8) is 0 Å². The molecule has 12 heteroatoms. The number of halogens is 1. The normalized spacial score (nSPS) is 12.8. The van der Waals surface area contributed by atoms with Crippen LogP contribution in [0.15, 0.2) is 57.9 Å². The fourth-order valence-corrected chi connectivity index (χ4v) is 5.21. The van der Waals surface area contributed by atoms with Crippen LogP contribution in [0.4, 0.5) is 21.9 Å². The number of thiophene rings is 1. The summed E-state index contributed by atoms with van der Waals surface area (Å²) in [6, 6.07) is 10.0. The van der Waals surface area contributed by atoms with Gasteiger partial charge in [-0.1, -0.05) is 11.6 Å². The average Bonchev–Trinajstić information content (AvgIpc) is 3.32. The Hall–Kier alpha value is -3.28. The topological polar surface area (TPSA) is 130 Å². The van der Waals surface area contributed by atoms with Crippen LogP contribution in [-0.4, -0.2) is 38.0 Å². The Morgan fingerprint density at radius 1 is 1.10 bits per heavy atom. The van der Waals surface area contributed by atoms with E-state index in [-0.39, 0.29) is 25.7 Å². The molecule has 1 aliphatic rings. The molecule has 0 fully saturated rings. The third-order valence-corrected chi connectivity index (χ3v) is 7.34. The van der Waals surface area contributed by atoms with Gasteiger partial charge in [-0.25, -0.2) is 22.9 Å². The number of aromatic nitrogens is 1. The standard InChI is InChI=1S/C19H14ClN5O4S2/c1-21-10-2-4-12-14(8-10)24-17(18(12)26)13-5-3-11(9-22-13)23-19(27)25-31(28,29)16-7-6-15(20)30-16/h2-9,21H,1H3,(H2,23,25,27). The second kappa shape index (κ2) is 8.10. The number of hydrogen-bond donors (Lipinski definition) is 3. The molecule has 0 aliphatic carbocycles. The van der Waals surface area contributed by atoms with Gasteiger partial charge in [0.2, 0.25) is 5.78 Å². The number of carbonyl (C=O) groups is 2. The molecule has 0 saturated carbocycles. The van der Waals surface area contributed by atoms with E-state index in [2.05, 4.69) is 20.6 Å². The zero-order valence-electron chi connectivity index (χ0n) is 15.8. The number of aliphatic imine (C=N–C) groups is 1. The molecule has 0 bridgehead atoms. The SMILES string of the molecule is CNc1ccc2c(c1)N=C(c1ccc(NC(=O)NS(=O)(=O)c3ccc(Cl)s3)cn1)C2=O. The minimum atomic E-state index is -4.04. The van der Waals surface area contributed by atoms with Crippen molar-refractivity contribution in [2.75, 3.05) is 17.7 Å². The minimum absolute atomic E-state index is 0.0834. The molecule has 2 amide bonds. The first kappa shape index (κ1) is 21.0. The molecule has 0 spiro atoms. The Labute approximate surface area is 186 Å². The minimum Gasteiger partial charge on any atom is -0.388 e. The maximum atomic E-state index is 12.6. The number of fused-ring (bicyclic) bond motifs is 1. The number of amides is 2. The van der Waals surface area contributed by atoms with Gasteiger partial charge in [0.15, 0.2) is 0 Å². The number of Topliss-reactive ketones (excluding diaryl/α,β-unsaturated/α-hetero) is 1. The number of rotatable bonds is 5. The van der Waals surface area contributed by atoms with Crippen LogP contribution in [0.5, 0.6) is 0 Å². The van der Waals surface area contributed by atoms with E-state index in [1.165, 1.54) is 30.5 Å². The van der Waals surface area contributed by atoms with Gasteiger partial charge in [-0.05, 0) is 42.5 Å². The Morgan fingerprint density at radius 2 is 1.87 bits per heavy atom. The average molecular weight is 476 g/mol. The molecule has 0 saturated heterocycles. The molecule has 0 radical (unpaired) electrons. The van der Waals surface area contributed by atoms with Gasteiger partial charge in [-0.15, -0.1) is 11.3 Å². The molecule has 1 aliphatic heterocycles. The summed E-state index contributed by atoms with van der Waals surface area (Å²) in [6.45, 7) is 0. The van der Waals surface area contributed by atoms with Crippen LogP contribution in [0.1, 0.15) is 16.1 Å². The lowest BCUT2D eigenvalue weighted by atomic mass is 10.1. The molecule has 158 valence electrons. The van der Waals surface area contributed by atoms with Crippen LogP contribution in [0, 0.1) is 0 Å². The van der Waals surface area contributed by atoms with Crippen LogP contribution in [-0.2, 0) is 10.0 Å². The number of nitrogens with one attached hydrogen (secondary N) is 3. The van der Waals surface area contributed by atoms with Crippen molar-refractivity contribution in [2.24, 2.45) is 4.99 Å². The van der Waals surface area contributed by atoms with Crippen LogP contribution in [0.3, 0.4) is 0 Å². The second-order valence-electron chi connectivity index (χ2n) is 6.32. The van der Waals surface area contributed by atoms with Gasteiger partial charge in [-0.2, -0.15) is 0 Å². The number of urea groups is 1. The first-order valence-corrected chi connectivity index (χ1v) is 11.5. The van der Waals surface area contributed by atoms with Crippen LogP contribution >= 0.6 is 22.9 Å². The molecule has 31 heavy (non-hydrogen) atoms. The van der Waals surface area contributed by atoms with Crippen molar-refractivity contribution in [1.82, 2.24) is 9.71 Å². The van der Waals surface area contributed by atoms with Crippen molar-refractivity contribution >= 4 is 67.5 Å². The maximum absolute atomic E-state index is 12.6. The number of hydrogen-bond acceptors (Lipinski definition) is 8. The number of anilines is 2. The van der Waals surface area contributed by atoms with Gasteiger partial charge in [0, 0.05) is 12.7 Å². The van der Waals surface area contributed by atoms with E-state index in [0.29, 0.717) is 16.9 Å². The fraction of sp³-hybridized carbons (Fsp3) is 0.0526. The van der Waals surface area contributed by atoms with Crippen molar-refractivity contribution in [3.8, 4) is 0 Å². The van der Waals surface area contributed by atoms with Gasteiger partial charge in [-0.3, -0.25) is 9.78 Å². The zero-order chi connectivity index (χ0) is 22.2. The summed E-state index contributed by atoms with van der Waals surface area (Å²) in [5, 5.41) is 5.37. The van der Waals surface area contributed by atoms with Gasteiger partial charge < -0.3 is 10.6 Å². The van der Waals surface area contributed by atoms with E-state index < -0.39 is 16.1 Å². The van der Waals surface area contributed by atoms with Gasteiger partial charge in [0.25, 0.3) is 10.0 Å².